The molecular weight excluding hydrogens is 252 g/mol. The predicted octanol–water partition coefficient (Wildman–Crippen LogP) is 3.35. The van der Waals surface area contributed by atoms with E-state index in [0.717, 1.165) is 11.3 Å². The van der Waals surface area contributed by atoms with Crippen LogP contribution in [0.5, 0.6) is 0 Å². The molecule has 4 nitrogen and oxygen atoms in total. The maximum atomic E-state index is 11.2. The lowest BCUT2D eigenvalue weighted by atomic mass is 9.91. The number of dihydropyridines is 1. The average Bonchev–Trinajstić information content (AvgIpc) is 2.34. The molecule has 0 saturated heterocycles. The van der Waals surface area contributed by atoms with E-state index in [0.29, 0.717) is 10.7 Å². The van der Waals surface area contributed by atoms with Crippen LogP contribution in [0, 0.1) is 10.1 Å². The van der Waals surface area contributed by atoms with Crippen molar-refractivity contribution in [3.05, 3.63) is 68.1 Å². The number of halogens is 1. The molecule has 1 aliphatic rings. The summed E-state index contributed by atoms with van der Waals surface area (Å²) >= 11 is 6.25. The second kappa shape index (κ2) is 4.82. The van der Waals surface area contributed by atoms with E-state index in [-0.39, 0.29) is 10.6 Å². The SMILES string of the molecule is CC1=C(Cl)C(c2ccccc2)C([N+](=O)[O-])=C(C)N1. The highest BCUT2D eigenvalue weighted by molar-refractivity contribution is 6.31. The number of nitro groups is 1. The first-order valence-electron chi connectivity index (χ1n) is 5.55. The van der Waals surface area contributed by atoms with Crippen LogP contribution in [-0.2, 0) is 0 Å². The summed E-state index contributed by atoms with van der Waals surface area (Å²) in [5.41, 5.74) is 2.23. The molecule has 0 radical (unpaired) electrons. The molecule has 2 rings (SSSR count). The molecule has 94 valence electrons. The third-order valence-electron chi connectivity index (χ3n) is 2.97. The van der Waals surface area contributed by atoms with E-state index in [1.54, 1.807) is 6.92 Å². The van der Waals surface area contributed by atoms with Crippen molar-refractivity contribution in [2.75, 3.05) is 0 Å². The maximum Gasteiger partial charge on any atom is 0.277 e. The van der Waals surface area contributed by atoms with Gasteiger partial charge in [-0.2, -0.15) is 0 Å². The highest BCUT2D eigenvalue weighted by Crippen LogP contribution is 2.39. The van der Waals surface area contributed by atoms with E-state index >= 15 is 0 Å². The molecule has 0 spiro atoms. The zero-order chi connectivity index (χ0) is 13.3. The van der Waals surface area contributed by atoms with Crippen LogP contribution in [0.15, 0.2) is 52.5 Å². The minimum absolute atomic E-state index is 0.108. The first-order chi connectivity index (χ1) is 8.52. The van der Waals surface area contributed by atoms with Gasteiger partial charge >= 0.3 is 0 Å². The summed E-state index contributed by atoms with van der Waals surface area (Å²) in [6.07, 6.45) is 0. The molecule has 0 amide bonds. The van der Waals surface area contributed by atoms with Crippen molar-refractivity contribution in [1.29, 1.82) is 0 Å². The summed E-state index contributed by atoms with van der Waals surface area (Å²) in [6, 6.07) is 9.27. The monoisotopic (exact) mass is 264 g/mol. The van der Waals surface area contributed by atoms with Crippen LogP contribution in [0.4, 0.5) is 0 Å². The lowest BCUT2D eigenvalue weighted by Gasteiger charge is -2.24. The fourth-order valence-electron chi connectivity index (χ4n) is 2.15. The Kier molecular flexibility index (Phi) is 3.39. The molecule has 1 atom stereocenters. The van der Waals surface area contributed by atoms with Crippen molar-refractivity contribution in [3.8, 4) is 0 Å². The number of benzene rings is 1. The van der Waals surface area contributed by atoms with Gasteiger partial charge in [0, 0.05) is 5.70 Å². The molecule has 0 aliphatic carbocycles. The lowest BCUT2D eigenvalue weighted by Crippen LogP contribution is -2.26. The standard InChI is InChI=1S/C13H13ClN2O2/c1-8-12(14)11(10-6-4-3-5-7-10)13(16(17)18)9(2)15-8/h3-7,11,15H,1-2H3. The summed E-state index contributed by atoms with van der Waals surface area (Å²) in [4.78, 5) is 10.9. The third-order valence-corrected chi connectivity index (χ3v) is 3.48. The normalized spacial score (nSPS) is 19.8. The number of hydrogen-bond acceptors (Lipinski definition) is 3. The topological polar surface area (TPSA) is 55.2 Å². The summed E-state index contributed by atoms with van der Waals surface area (Å²) < 4.78 is 0. The maximum absolute atomic E-state index is 11.2. The first-order valence-corrected chi connectivity index (χ1v) is 5.93. The third kappa shape index (κ3) is 2.11. The second-order valence-corrected chi connectivity index (χ2v) is 4.62. The van der Waals surface area contributed by atoms with Gasteiger partial charge in [-0.1, -0.05) is 41.9 Å². The Labute approximate surface area is 110 Å². The van der Waals surface area contributed by atoms with Crippen LogP contribution in [0.1, 0.15) is 25.3 Å². The highest BCUT2D eigenvalue weighted by atomic mass is 35.5. The van der Waals surface area contributed by atoms with Crippen molar-refractivity contribution in [3.63, 3.8) is 0 Å². The minimum Gasteiger partial charge on any atom is -0.356 e. The summed E-state index contributed by atoms with van der Waals surface area (Å²) in [5.74, 6) is -0.496. The van der Waals surface area contributed by atoms with Gasteiger partial charge in [0.2, 0.25) is 0 Å². The summed E-state index contributed by atoms with van der Waals surface area (Å²) in [5, 5.41) is 14.6. The highest BCUT2D eigenvalue weighted by Gasteiger charge is 2.36. The molecule has 1 aliphatic heterocycles. The van der Waals surface area contributed by atoms with Crippen LogP contribution < -0.4 is 5.32 Å². The van der Waals surface area contributed by atoms with Gasteiger partial charge in [0.1, 0.15) is 5.92 Å². The van der Waals surface area contributed by atoms with Crippen LogP contribution in [0.3, 0.4) is 0 Å². The van der Waals surface area contributed by atoms with Gasteiger partial charge in [0.05, 0.1) is 15.7 Å². The van der Waals surface area contributed by atoms with Gasteiger partial charge in [0.15, 0.2) is 0 Å². The lowest BCUT2D eigenvalue weighted by molar-refractivity contribution is -0.430. The molecule has 5 heteroatoms. The Hall–Kier alpha value is -1.81. The van der Waals surface area contributed by atoms with Crippen LogP contribution >= 0.6 is 11.6 Å². The molecule has 0 aromatic heterocycles. The van der Waals surface area contributed by atoms with Crippen LogP contribution in [0.25, 0.3) is 0 Å². The smallest absolute Gasteiger partial charge is 0.277 e. The first kappa shape index (κ1) is 12.6. The summed E-state index contributed by atoms with van der Waals surface area (Å²) in [6.45, 7) is 3.51. The Morgan fingerprint density at radius 2 is 1.83 bits per heavy atom. The van der Waals surface area contributed by atoms with Crippen molar-refractivity contribution in [2.45, 2.75) is 19.8 Å². The fraction of sp³-hybridized carbons (Fsp3) is 0.231. The van der Waals surface area contributed by atoms with Crippen LogP contribution in [0.2, 0.25) is 0 Å². The van der Waals surface area contributed by atoms with Crippen molar-refractivity contribution < 1.29 is 4.92 Å². The largest absolute Gasteiger partial charge is 0.356 e. The van der Waals surface area contributed by atoms with Gasteiger partial charge < -0.3 is 5.32 Å². The van der Waals surface area contributed by atoms with Gasteiger partial charge in [-0.05, 0) is 19.4 Å². The van der Waals surface area contributed by atoms with Gasteiger partial charge in [-0.25, -0.2) is 0 Å². The number of nitrogens with zero attached hydrogens (tertiary/aromatic N) is 1. The number of allylic oxidation sites excluding steroid dienone is 3. The molecule has 1 aromatic carbocycles. The van der Waals surface area contributed by atoms with Crippen LogP contribution in [-0.4, -0.2) is 4.92 Å². The van der Waals surface area contributed by atoms with E-state index in [1.807, 2.05) is 37.3 Å². The van der Waals surface area contributed by atoms with Gasteiger partial charge in [-0.3, -0.25) is 10.1 Å². The Morgan fingerprint density at radius 3 is 2.39 bits per heavy atom. The molecule has 0 saturated carbocycles. The molecule has 1 heterocycles. The van der Waals surface area contributed by atoms with Crippen molar-refractivity contribution in [2.24, 2.45) is 0 Å². The molecule has 0 fully saturated rings. The number of nitrogens with one attached hydrogen (secondary N) is 1. The quantitative estimate of drug-likeness (QED) is 0.658. The second-order valence-electron chi connectivity index (χ2n) is 4.21. The van der Waals surface area contributed by atoms with E-state index in [4.69, 9.17) is 11.6 Å². The van der Waals surface area contributed by atoms with Crippen molar-refractivity contribution >= 4 is 11.6 Å². The molecule has 1 unspecified atom stereocenters. The Balaban J connectivity index is 2.58. The Morgan fingerprint density at radius 1 is 1.22 bits per heavy atom. The van der Waals surface area contributed by atoms with E-state index in [9.17, 15) is 10.1 Å². The van der Waals surface area contributed by atoms with E-state index in [1.165, 1.54) is 0 Å². The van der Waals surface area contributed by atoms with E-state index < -0.39 is 5.92 Å². The van der Waals surface area contributed by atoms with E-state index in [2.05, 4.69) is 5.32 Å². The molecule has 1 N–H and O–H groups in total. The average molecular weight is 265 g/mol. The predicted molar refractivity (Wildman–Crippen MR) is 70.6 cm³/mol. The molecule has 1 aromatic rings. The van der Waals surface area contributed by atoms with Gasteiger partial charge in [-0.15, -0.1) is 0 Å². The molecule has 0 bridgehead atoms. The number of rotatable bonds is 2. The van der Waals surface area contributed by atoms with Gasteiger partial charge in [0.25, 0.3) is 5.70 Å². The van der Waals surface area contributed by atoms with Crippen molar-refractivity contribution in [1.82, 2.24) is 5.32 Å². The number of hydrogen-bond donors (Lipinski definition) is 1. The fourth-order valence-corrected chi connectivity index (χ4v) is 2.43. The summed E-state index contributed by atoms with van der Waals surface area (Å²) in [7, 11) is 0. The molecular formula is C13H13ClN2O2. The zero-order valence-corrected chi connectivity index (χ0v) is 10.9. The molecule has 18 heavy (non-hydrogen) atoms. The Bertz CT molecular complexity index is 549. The minimum atomic E-state index is -0.496. The zero-order valence-electron chi connectivity index (χ0n) is 10.1.